The highest BCUT2D eigenvalue weighted by Crippen LogP contribution is 2.10. The quantitative estimate of drug-likeness (QED) is 0.888. The summed E-state index contributed by atoms with van der Waals surface area (Å²) in [4.78, 5) is 0. The van der Waals surface area contributed by atoms with Gasteiger partial charge in [-0.25, -0.2) is 13.1 Å². The first-order valence-corrected chi connectivity index (χ1v) is 8.28. The molecule has 0 radical (unpaired) electrons. The Balaban J connectivity index is 1.90. The molecule has 0 unspecified atom stereocenters. The Morgan fingerprint density at radius 1 is 0.950 bits per heavy atom. The first-order valence-electron chi connectivity index (χ1n) is 6.62. The number of benzene rings is 2. The molecule has 4 heteroatoms. The zero-order valence-electron chi connectivity index (χ0n) is 11.5. The second-order valence-corrected chi connectivity index (χ2v) is 6.62. The third kappa shape index (κ3) is 4.47. The lowest BCUT2D eigenvalue weighted by atomic mass is 10.1. The van der Waals surface area contributed by atoms with E-state index in [1.54, 1.807) is 0 Å². The van der Waals surface area contributed by atoms with Crippen molar-refractivity contribution in [2.75, 3.05) is 6.54 Å². The van der Waals surface area contributed by atoms with Crippen LogP contribution in [-0.2, 0) is 22.2 Å². The Labute approximate surface area is 120 Å². The fraction of sp³-hybridized carbons (Fsp3) is 0.250. The van der Waals surface area contributed by atoms with Crippen LogP contribution in [0.3, 0.4) is 0 Å². The van der Waals surface area contributed by atoms with Gasteiger partial charge in [-0.3, -0.25) is 0 Å². The summed E-state index contributed by atoms with van der Waals surface area (Å²) in [7, 11) is -3.28. The van der Waals surface area contributed by atoms with Crippen LogP contribution in [0.15, 0.2) is 54.6 Å². The van der Waals surface area contributed by atoms with Gasteiger partial charge in [0, 0.05) is 6.54 Å². The summed E-state index contributed by atoms with van der Waals surface area (Å²) in [5.74, 6) is 0.0362. The van der Waals surface area contributed by atoms with Crippen LogP contribution in [0.4, 0.5) is 0 Å². The fourth-order valence-electron chi connectivity index (χ4n) is 2.02. The third-order valence-corrected chi connectivity index (χ3v) is 4.52. The molecule has 1 N–H and O–H groups in total. The molecule has 20 heavy (non-hydrogen) atoms. The summed E-state index contributed by atoms with van der Waals surface area (Å²) < 4.78 is 26.7. The van der Waals surface area contributed by atoms with E-state index in [0.29, 0.717) is 13.0 Å². The molecule has 0 aromatic heterocycles. The molecule has 0 bridgehead atoms. The molecule has 0 heterocycles. The SMILES string of the molecule is Cc1ccccc1CS(=O)(=O)NCCc1ccccc1. The molecular formula is C16H19NO2S. The molecule has 0 amide bonds. The van der Waals surface area contributed by atoms with Crippen molar-refractivity contribution in [1.82, 2.24) is 4.72 Å². The summed E-state index contributed by atoms with van der Waals surface area (Å²) >= 11 is 0. The lowest BCUT2D eigenvalue weighted by Gasteiger charge is -2.08. The molecule has 0 atom stereocenters. The molecule has 3 nitrogen and oxygen atoms in total. The molecule has 106 valence electrons. The number of rotatable bonds is 6. The third-order valence-electron chi connectivity index (χ3n) is 3.19. The van der Waals surface area contributed by atoms with Gasteiger partial charge in [0.1, 0.15) is 0 Å². The number of aryl methyl sites for hydroxylation is 1. The van der Waals surface area contributed by atoms with Crippen molar-refractivity contribution in [2.24, 2.45) is 0 Å². The molecule has 0 aliphatic carbocycles. The minimum Gasteiger partial charge on any atom is -0.215 e. The number of hydrogen-bond acceptors (Lipinski definition) is 2. The fourth-order valence-corrected chi connectivity index (χ4v) is 3.27. The average Bonchev–Trinajstić information content (AvgIpc) is 2.42. The van der Waals surface area contributed by atoms with Gasteiger partial charge in [0.2, 0.25) is 10.0 Å². The first kappa shape index (κ1) is 14.8. The topological polar surface area (TPSA) is 46.2 Å². The average molecular weight is 289 g/mol. The number of hydrogen-bond donors (Lipinski definition) is 1. The van der Waals surface area contributed by atoms with Gasteiger partial charge in [0.15, 0.2) is 0 Å². The predicted molar refractivity (Wildman–Crippen MR) is 82.0 cm³/mol. The molecule has 2 aromatic carbocycles. The summed E-state index contributed by atoms with van der Waals surface area (Å²) in [6.07, 6.45) is 0.702. The normalized spacial score (nSPS) is 11.4. The van der Waals surface area contributed by atoms with Crippen molar-refractivity contribution in [2.45, 2.75) is 19.1 Å². The van der Waals surface area contributed by atoms with E-state index in [0.717, 1.165) is 16.7 Å². The molecule has 2 rings (SSSR count). The van der Waals surface area contributed by atoms with E-state index in [1.165, 1.54) is 0 Å². The van der Waals surface area contributed by atoms with Crippen LogP contribution >= 0.6 is 0 Å². The molecule has 0 spiro atoms. The maximum Gasteiger partial charge on any atom is 0.215 e. The standard InChI is InChI=1S/C16H19NO2S/c1-14-7-5-6-10-16(14)13-20(18,19)17-12-11-15-8-3-2-4-9-15/h2-10,17H,11-13H2,1H3. The lowest BCUT2D eigenvalue weighted by molar-refractivity contribution is 0.580. The molecular weight excluding hydrogens is 270 g/mol. The van der Waals surface area contributed by atoms with E-state index in [2.05, 4.69) is 4.72 Å². The second kappa shape index (κ2) is 6.68. The van der Waals surface area contributed by atoms with Crippen molar-refractivity contribution in [3.63, 3.8) is 0 Å². The van der Waals surface area contributed by atoms with Crippen molar-refractivity contribution in [1.29, 1.82) is 0 Å². The van der Waals surface area contributed by atoms with E-state index in [-0.39, 0.29) is 5.75 Å². The van der Waals surface area contributed by atoms with Crippen molar-refractivity contribution in [3.05, 3.63) is 71.3 Å². The van der Waals surface area contributed by atoms with Gasteiger partial charge < -0.3 is 0 Å². The highest BCUT2D eigenvalue weighted by Gasteiger charge is 2.12. The summed E-state index contributed by atoms with van der Waals surface area (Å²) in [5.41, 5.74) is 2.98. The van der Waals surface area contributed by atoms with E-state index < -0.39 is 10.0 Å². The van der Waals surface area contributed by atoms with Gasteiger partial charge in [0.05, 0.1) is 5.75 Å². The largest absolute Gasteiger partial charge is 0.215 e. The number of sulfonamides is 1. The summed E-state index contributed by atoms with van der Waals surface area (Å²) in [6.45, 7) is 2.35. The zero-order valence-corrected chi connectivity index (χ0v) is 12.4. The van der Waals surface area contributed by atoms with E-state index in [4.69, 9.17) is 0 Å². The maximum atomic E-state index is 12.0. The number of nitrogens with one attached hydrogen (secondary N) is 1. The summed E-state index contributed by atoms with van der Waals surface area (Å²) in [5, 5.41) is 0. The highest BCUT2D eigenvalue weighted by molar-refractivity contribution is 7.88. The van der Waals surface area contributed by atoms with Gasteiger partial charge in [-0.15, -0.1) is 0 Å². The van der Waals surface area contributed by atoms with Crippen LogP contribution in [0, 0.1) is 6.92 Å². The van der Waals surface area contributed by atoms with Gasteiger partial charge in [-0.1, -0.05) is 54.6 Å². The van der Waals surface area contributed by atoms with Gasteiger partial charge in [-0.2, -0.15) is 0 Å². The minimum atomic E-state index is -3.28. The second-order valence-electron chi connectivity index (χ2n) is 4.82. The smallest absolute Gasteiger partial charge is 0.215 e. The Morgan fingerprint density at radius 3 is 2.30 bits per heavy atom. The highest BCUT2D eigenvalue weighted by atomic mass is 32.2. The van der Waals surface area contributed by atoms with E-state index in [1.807, 2.05) is 61.5 Å². The van der Waals surface area contributed by atoms with Crippen LogP contribution in [0.25, 0.3) is 0 Å². The Morgan fingerprint density at radius 2 is 1.60 bits per heavy atom. The van der Waals surface area contributed by atoms with Crippen molar-refractivity contribution in [3.8, 4) is 0 Å². The van der Waals surface area contributed by atoms with Crippen molar-refractivity contribution >= 4 is 10.0 Å². The van der Waals surface area contributed by atoms with Gasteiger partial charge in [-0.05, 0) is 30.0 Å². The summed E-state index contributed by atoms with van der Waals surface area (Å²) in [6, 6.07) is 17.4. The zero-order chi connectivity index (χ0) is 14.4. The van der Waals surface area contributed by atoms with Crippen LogP contribution in [0.5, 0.6) is 0 Å². The van der Waals surface area contributed by atoms with E-state index in [9.17, 15) is 8.42 Å². The molecule has 0 fully saturated rings. The van der Waals surface area contributed by atoms with Gasteiger partial charge >= 0.3 is 0 Å². The van der Waals surface area contributed by atoms with Crippen molar-refractivity contribution < 1.29 is 8.42 Å². The monoisotopic (exact) mass is 289 g/mol. The first-order chi connectivity index (χ1) is 9.57. The maximum absolute atomic E-state index is 12.0. The Hall–Kier alpha value is -1.65. The van der Waals surface area contributed by atoms with Crippen LogP contribution < -0.4 is 4.72 Å². The molecule has 0 aliphatic rings. The molecule has 0 saturated carbocycles. The minimum absolute atomic E-state index is 0.0362. The van der Waals surface area contributed by atoms with E-state index >= 15 is 0 Å². The van der Waals surface area contributed by atoms with Crippen LogP contribution in [0.2, 0.25) is 0 Å². The molecule has 0 aliphatic heterocycles. The predicted octanol–water partition coefficient (Wildman–Crippen LogP) is 2.66. The Bertz CT molecular complexity index is 651. The van der Waals surface area contributed by atoms with Gasteiger partial charge in [0.25, 0.3) is 0 Å². The van der Waals surface area contributed by atoms with Crippen LogP contribution in [-0.4, -0.2) is 15.0 Å². The van der Waals surface area contributed by atoms with Crippen LogP contribution in [0.1, 0.15) is 16.7 Å². The molecule has 2 aromatic rings. The lowest BCUT2D eigenvalue weighted by Crippen LogP contribution is -2.27. The molecule has 0 saturated heterocycles. The Kier molecular flexibility index (Phi) is 4.93.